The highest BCUT2D eigenvalue weighted by atomic mass is 35.5. The number of carbonyl (C=O) groups excluding carboxylic acids is 1. The monoisotopic (exact) mass is 380 g/mol. The van der Waals surface area contributed by atoms with Crippen molar-refractivity contribution in [3.05, 3.63) is 98.6 Å². The molecule has 0 aliphatic carbocycles. The van der Waals surface area contributed by atoms with Gasteiger partial charge in [0.2, 0.25) is 0 Å². The molecule has 0 heterocycles. The van der Waals surface area contributed by atoms with E-state index in [0.29, 0.717) is 27.5 Å². The number of halogens is 1. The van der Waals surface area contributed by atoms with E-state index in [4.69, 9.17) is 11.6 Å². The SMILES string of the molecule is Cc1ccccc1C(=O)c1ccc(N(C)c2ccccc2[N+](=O)[O-])cc1Cl. The molecule has 6 heteroatoms. The second kappa shape index (κ2) is 7.60. The number of nitro groups is 1. The van der Waals surface area contributed by atoms with Crippen molar-refractivity contribution in [3.63, 3.8) is 0 Å². The molecule has 3 rings (SSSR count). The molecule has 136 valence electrons. The van der Waals surface area contributed by atoms with Crippen molar-refractivity contribution in [1.29, 1.82) is 0 Å². The molecule has 0 saturated heterocycles. The number of nitro benzene ring substituents is 1. The van der Waals surface area contributed by atoms with Crippen LogP contribution in [0.2, 0.25) is 5.02 Å². The van der Waals surface area contributed by atoms with E-state index in [0.717, 1.165) is 5.56 Å². The van der Waals surface area contributed by atoms with Crippen molar-refractivity contribution in [2.45, 2.75) is 6.92 Å². The summed E-state index contributed by atoms with van der Waals surface area (Å²) in [5, 5.41) is 11.6. The molecule has 0 fully saturated rings. The van der Waals surface area contributed by atoms with E-state index in [9.17, 15) is 14.9 Å². The van der Waals surface area contributed by atoms with Gasteiger partial charge in [-0.1, -0.05) is 48.0 Å². The van der Waals surface area contributed by atoms with Crippen LogP contribution in [0.5, 0.6) is 0 Å². The maximum atomic E-state index is 12.8. The summed E-state index contributed by atoms with van der Waals surface area (Å²) in [6.45, 7) is 1.87. The van der Waals surface area contributed by atoms with E-state index in [1.165, 1.54) is 6.07 Å². The Morgan fingerprint density at radius 2 is 1.67 bits per heavy atom. The van der Waals surface area contributed by atoms with Gasteiger partial charge in [-0.3, -0.25) is 14.9 Å². The quantitative estimate of drug-likeness (QED) is 0.330. The second-order valence-corrected chi connectivity index (χ2v) is 6.52. The molecule has 27 heavy (non-hydrogen) atoms. The fourth-order valence-corrected chi connectivity index (χ4v) is 3.17. The van der Waals surface area contributed by atoms with E-state index >= 15 is 0 Å². The van der Waals surface area contributed by atoms with Crippen molar-refractivity contribution < 1.29 is 9.72 Å². The van der Waals surface area contributed by atoms with Gasteiger partial charge in [-0.15, -0.1) is 0 Å². The number of hydrogen-bond acceptors (Lipinski definition) is 4. The number of benzene rings is 3. The summed E-state index contributed by atoms with van der Waals surface area (Å²) in [5.74, 6) is -0.155. The Kier molecular flexibility index (Phi) is 5.23. The highest BCUT2D eigenvalue weighted by Gasteiger charge is 2.19. The molecule has 0 atom stereocenters. The zero-order chi connectivity index (χ0) is 19.6. The highest BCUT2D eigenvalue weighted by molar-refractivity contribution is 6.35. The largest absolute Gasteiger partial charge is 0.339 e. The van der Waals surface area contributed by atoms with Crippen molar-refractivity contribution in [2.24, 2.45) is 0 Å². The van der Waals surface area contributed by atoms with Gasteiger partial charge < -0.3 is 4.90 Å². The van der Waals surface area contributed by atoms with Crippen LogP contribution < -0.4 is 4.90 Å². The summed E-state index contributed by atoms with van der Waals surface area (Å²) in [6.07, 6.45) is 0. The normalized spacial score (nSPS) is 10.5. The Morgan fingerprint density at radius 1 is 1.00 bits per heavy atom. The molecular formula is C21H17ClN2O3. The predicted octanol–water partition coefficient (Wildman–Crippen LogP) is 5.56. The van der Waals surface area contributed by atoms with Crippen molar-refractivity contribution in [3.8, 4) is 0 Å². The van der Waals surface area contributed by atoms with Crippen LogP contribution in [0.3, 0.4) is 0 Å². The molecule has 0 bridgehead atoms. The highest BCUT2D eigenvalue weighted by Crippen LogP contribution is 2.34. The van der Waals surface area contributed by atoms with E-state index in [1.54, 1.807) is 54.4 Å². The lowest BCUT2D eigenvalue weighted by atomic mass is 9.99. The summed E-state index contributed by atoms with van der Waals surface area (Å²) in [7, 11) is 1.72. The number of anilines is 2. The van der Waals surface area contributed by atoms with Crippen molar-refractivity contribution in [2.75, 3.05) is 11.9 Å². The van der Waals surface area contributed by atoms with Gasteiger partial charge in [0.25, 0.3) is 5.69 Å². The van der Waals surface area contributed by atoms with Gasteiger partial charge in [0.05, 0.1) is 9.95 Å². The third-order valence-corrected chi connectivity index (χ3v) is 4.73. The Morgan fingerprint density at radius 3 is 2.33 bits per heavy atom. The first-order chi connectivity index (χ1) is 12.9. The van der Waals surface area contributed by atoms with E-state index in [1.807, 2.05) is 25.1 Å². The van der Waals surface area contributed by atoms with Crippen LogP contribution in [0.1, 0.15) is 21.5 Å². The van der Waals surface area contributed by atoms with E-state index in [-0.39, 0.29) is 11.5 Å². The van der Waals surface area contributed by atoms with Gasteiger partial charge in [-0.2, -0.15) is 0 Å². The molecule has 0 aromatic heterocycles. The van der Waals surface area contributed by atoms with Crippen LogP contribution in [0, 0.1) is 17.0 Å². The zero-order valence-corrected chi connectivity index (χ0v) is 15.6. The fraction of sp³-hybridized carbons (Fsp3) is 0.0952. The maximum Gasteiger partial charge on any atom is 0.292 e. The van der Waals surface area contributed by atoms with Crippen LogP contribution in [-0.4, -0.2) is 17.8 Å². The smallest absolute Gasteiger partial charge is 0.292 e. The average molecular weight is 381 g/mol. The van der Waals surface area contributed by atoms with E-state index in [2.05, 4.69) is 0 Å². The minimum Gasteiger partial charge on any atom is -0.339 e. The van der Waals surface area contributed by atoms with Crippen LogP contribution in [0.15, 0.2) is 66.7 Å². The van der Waals surface area contributed by atoms with Gasteiger partial charge in [0, 0.05) is 29.9 Å². The lowest BCUT2D eigenvalue weighted by molar-refractivity contribution is -0.384. The van der Waals surface area contributed by atoms with Gasteiger partial charge in [-0.25, -0.2) is 0 Å². The summed E-state index contributed by atoms with van der Waals surface area (Å²) >= 11 is 6.38. The van der Waals surface area contributed by atoms with Gasteiger partial charge >= 0.3 is 0 Å². The first-order valence-corrected chi connectivity index (χ1v) is 8.65. The first-order valence-electron chi connectivity index (χ1n) is 8.27. The number of nitrogens with zero attached hydrogens (tertiary/aromatic N) is 2. The molecule has 5 nitrogen and oxygen atoms in total. The fourth-order valence-electron chi connectivity index (χ4n) is 2.91. The number of rotatable bonds is 5. The number of carbonyl (C=O) groups is 1. The molecule has 0 unspecified atom stereocenters. The van der Waals surface area contributed by atoms with Crippen molar-refractivity contribution in [1.82, 2.24) is 0 Å². The molecule has 0 N–H and O–H groups in total. The van der Waals surface area contributed by atoms with Gasteiger partial charge in [0.15, 0.2) is 5.78 Å². The molecule has 0 aliphatic rings. The molecule has 0 spiro atoms. The average Bonchev–Trinajstić information content (AvgIpc) is 2.67. The topological polar surface area (TPSA) is 63.5 Å². The minimum absolute atomic E-state index is 0.00353. The number of para-hydroxylation sites is 2. The Bertz CT molecular complexity index is 1030. The third-order valence-electron chi connectivity index (χ3n) is 4.41. The summed E-state index contributed by atoms with van der Waals surface area (Å²) < 4.78 is 0. The number of aryl methyl sites for hydroxylation is 1. The molecule has 0 saturated carbocycles. The number of hydrogen-bond donors (Lipinski definition) is 0. The van der Waals surface area contributed by atoms with E-state index < -0.39 is 4.92 Å². The van der Waals surface area contributed by atoms with Crippen LogP contribution in [0.25, 0.3) is 0 Å². The Hall–Kier alpha value is -3.18. The minimum atomic E-state index is -0.427. The Balaban J connectivity index is 1.97. The maximum absolute atomic E-state index is 12.8. The third kappa shape index (κ3) is 3.68. The van der Waals surface area contributed by atoms with Crippen molar-refractivity contribution >= 4 is 34.4 Å². The Labute approximate surface area is 162 Å². The molecule has 0 radical (unpaired) electrons. The molecular weight excluding hydrogens is 364 g/mol. The second-order valence-electron chi connectivity index (χ2n) is 6.11. The van der Waals surface area contributed by atoms with Crippen LogP contribution in [-0.2, 0) is 0 Å². The van der Waals surface area contributed by atoms with Gasteiger partial charge in [0.1, 0.15) is 5.69 Å². The van der Waals surface area contributed by atoms with Gasteiger partial charge in [-0.05, 0) is 36.8 Å². The first kappa shape index (κ1) is 18.6. The predicted molar refractivity (Wildman–Crippen MR) is 107 cm³/mol. The summed E-state index contributed by atoms with van der Waals surface area (Å²) in [5.41, 5.74) is 2.95. The molecule has 3 aromatic carbocycles. The molecule has 0 aliphatic heterocycles. The molecule has 0 amide bonds. The summed E-state index contributed by atoms with van der Waals surface area (Å²) in [4.78, 5) is 25.3. The van der Waals surface area contributed by atoms with Crippen LogP contribution >= 0.6 is 11.6 Å². The number of ketones is 1. The zero-order valence-electron chi connectivity index (χ0n) is 14.8. The summed E-state index contributed by atoms with van der Waals surface area (Å²) in [6, 6.07) is 18.8. The lowest BCUT2D eigenvalue weighted by Crippen LogP contribution is -2.12. The standard InChI is InChI=1S/C21H17ClN2O3/c1-14-7-3-4-8-16(14)21(25)17-12-11-15(13-18(17)22)23(2)19-9-5-6-10-20(19)24(26)27/h3-13H,1-2H3. The molecule has 3 aromatic rings. The van der Waals surface area contributed by atoms with Crippen LogP contribution in [0.4, 0.5) is 17.1 Å². The lowest BCUT2D eigenvalue weighted by Gasteiger charge is -2.20.